The number of carbonyl (C=O) groups excluding carboxylic acids is 2. The highest BCUT2D eigenvalue weighted by Crippen LogP contribution is 2.31. The number of anilines is 1. The maximum atomic E-state index is 12.7. The first-order valence-corrected chi connectivity index (χ1v) is 8.56. The summed E-state index contributed by atoms with van der Waals surface area (Å²) in [7, 11) is 0. The van der Waals surface area contributed by atoms with Crippen molar-refractivity contribution >= 4 is 17.5 Å². The van der Waals surface area contributed by atoms with Crippen molar-refractivity contribution in [2.24, 2.45) is 5.92 Å². The quantitative estimate of drug-likeness (QED) is 0.823. The monoisotopic (exact) mass is 332 g/mol. The molecule has 0 radical (unpaired) electrons. The molecule has 0 aliphatic carbocycles. The van der Waals surface area contributed by atoms with E-state index in [9.17, 15) is 9.59 Å². The largest absolute Gasteiger partial charge is 0.491 e. The Labute approximate surface area is 142 Å². The highest BCUT2D eigenvalue weighted by Gasteiger charge is 2.28. The molecule has 2 aliphatic heterocycles. The zero-order valence-corrected chi connectivity index (χ0v) is 14.1. The number of hydrogen-bond acceptors (Lipinski definition) is 4. The van der Waals surface area contributed by atoms with Crippen LogP contribution in [0.3, 0.4) is 0 Å². The third-order valence-corrected chi connectivity index (χ3v) is 4.56. The molecule has 0 aromatic heterocycles. The van der Waals surface area contributed by atoms with Crippen LogP contribution in [-0.4, -0.2) is 56.2 Å². The summed E-state index contributed by atoms with van der Waals surface area (Å²) in [6, 6.07) is 7.38. The lowest BCUT2D eigenvalue weighted by Gasteiger charge is -2.28. The van der Waals surface area contributed by atoms with Crippen LogP contribution >= 0.6 is 0 Å². The number of carbonyl (C=O) groups is 2. The van der Waals surface area contributed by atoms with Crippen molar-refractivity contribution in [3.05, 3.63) is 24.3 Å². The second-order valence-corrected chi connectivity index (χ2v) is 6.21. The van der Waals surface area contributed by atoms with Crippen molar-refractivity contribution < 1.29 is 19.1 Å². The molecular weight excluding hydrogens is 308 g/mol. The Hall–Kier alpha value is -2.08. The molecule has 1 aromatic rings. The van der Waals surface area contributed by atoms with E-state index < -0.39 is 0 Å². The lowest BCUT2D eigenvalue weighted by atomic mass is 10.1. The van der Waals surface area contributed by atoms with Gasteiger partial charge in [0.2, 0.25) is 11.8 Å². The fourth-order valence-corrected chi connectivity index (χ4v) is 3.17. The van der Waals surface area contributed by atoms with Gasteiger partial charge in [-0.3, -0.25) is 14.5 Å². The standard InChI is InChI=1S/C18H24N2O4/c1-2-19(11-14-7-9-23-13-14)18(22)12-20-15-5-3-4-6-16(15)24-10-8-17(20)21/h3-6,14H,2,7-13H2,1H3/t14-/m1/s1. The van der Waals surface area contributed by atoms with Gasteiger partial charge in [-0.1, -0.05) is 12.1 Å². The first-order valence-electron chi connectivity index (χ1n) is 8.56. The molecule has 0 bridgehead atoms. The van der Waals surface area contributed by atoms with E-state index >= 15 is 0 Å². The second kappa shape index (κ2) is 7.66. The average molecular weight is 332 g/mol. The van der Waals surface area contributed by atoms with E-state index in [2.05, 4.69) is 0 Å². The number of nitrogens with zero attached hydrogens (tertiary/aromatic N) is 2. The maximum Gasteiger partial charge on any atom is 0.242 e. The van der Waals surface area contributed by atoms with Crippen LogP contribution in [-0.2, 0) is 14.3 Å². The topological polar surface area (TPSA) is 59.1 Å². The predicted molar refractivity (Wildman–Crippen MR) is 90.1 cm³/mol. The molecular formula is C18H24N2O4. The fourth-order valence-electron chi connectivity index (χ4n) is 3.17. The van der Waals surface area contributed by atoms with Crippen LogP contribution in [0.1, 0.15) is 19.8 Å². The fraction of sp³-hybridized carbons (Fsp3) is 0.556. The smallest absolute Gasteiger partial charge is 0.242 e. The van der Waals surface area contributed by atoms with Crippen LogP contribution in [0.4, 0.5) is 5.69 Å². The average Bonchev–Trinajstić information content (AvgIpc) is 3.05. The molecule has 0 unspecified atom stereocenters. The van der Waals surface area contributed by atoms with E-state index in [1.54, 1.807) is 4.90 Å². The van der Waals surface area contributed by atoms with Gasteiger partial charge in [-0.25, -0.2) is 0 Å². The van der Waals surface area contributed by atoms with Crippen LogP contribution in [0.5, 0.6) is 5.75 Å². The zero-order chi connectivity index (χ0) is 16.9. The number of rotatable bonds is 5. The molecule has 1 aromatic carbocycles. The number of likely N-dealkylation sites (N-methyl/N-ethyl adjacent to an activating group) is 1. The Bertz CT molecular complexity index is 598. The number of benzene rings is 1. The molecule has 6 heteroatoms. The summed E-state index contributed by atoms with van der Waals surface area (Å²) < 4.78 is 11.0. The number of para-hydroxylation sites is 2. The van der Waals surface area contributed by atoms with Crippen LogP contribution in [0.25, 0.3) is 0 Å². The van der Waals surface area contributed by atoms with E-state index in [1.165, 1.54) is 0 Å². The van der Waals surface area contributed by atoms with Crippen LogP contribution in [0.15, 0.2) is 24.3 Å². The molecule has 1 atom stereocenters. The molecule has 24 heavy (non-hydrogen) atoms. The molecule has 0 saturated carbocycles. The Kier molecular flexibility index (Phi) is 5.35. The van der Waals surface area contributed by atoms with Gasteiger partial charge in [0, 0.05) is 25.6 Å². The lowest BCUT2D eigenvalue weighted by Crippen LogP contribution is -2.44. The van der Waals surface area contributed by atoms with E-state index in [1.807, 2.05) is 36.1 Å². The van der Waals surface area contributed by atoms with Crippen molar-refractivity contribution in [1.82, 2.24) is 4.90 Å². The third kappa shape index (κ3) is 3.70. The molecule has 6 nitrogen and oxygen atoms in total. The highest BCUT2D eigenvalue weighted by atomic mass is 16.5. The van der Waals surface area contributed by atoms with Crippen LogP contribution in [0.2, 0.25) is 0 Å². The third-order valence-electron chi connectivity index (χ3n) is 4.56. The van der Waals surface area contributed by atoms with Crippen LogP contribution in [0, 0.1) is 5.92 Å². The van der Waals surface area contributed by atoms with Gasteiger partial charge in [0.05, 0.1) is 25.3 Å². The minimum absolute atomic E-state index is 0.0329. The lowest BCUT2D eigenvalue weighted by molar-refractivity contribution is -0.131. The van der Waals surface area contributed by atoms with Crippen molar-refractivity contribution in [2.75, 3.05) is 44.4 Å². The molecule has 0 N–H and O–H groups in total. The Morgan fingerprint density at radius 3 is 2.92 bits per heavy atom. The first kappa shape index (κ1) is 16.8. The Morgan fingerprint density at radius 1 is 1.33 bits per heavy atom. The van der Waals surface area contributed by atoms with Crippen LogP contribution < -0.4 is 9.64 Å². The number of hydrogen-bond donors (Lipinski definition) is 0. The normalized spacial score (nSPS) is 20.3. The summed E-state index contributed by atoms with van der Waals surface area (Å²) in [6.07, 6.45) is 1.27. The second-order valence-electron chi connectivity index (χ2n) is 6.21. The van der Waals surface area contributed by atoms with Gasteiger partial charge >= 0.3 is 0 Å². The summed E-state index contributed by atoms with van der Waals surface area (Å²) in [4.78, 5) is 28.5. The Balaban J connectivity index is 1.72. The van der Waals surface area contributed by atoms with E-state index in [-0.39, 0.29) is 24.8 Å². The summed E-state index contributed by atoms with van der Waals surface area (Å²) in [5, 5.41) is 0. The maximum absolute atomic E-state index is 12.7. The van der Waals surface area contributed by atoms with Gasteiger partial charge in [-0.2, -0.15) is 0 Å². The molecule has 130 valence electrons. The summed E-state index contributed by atoms with van der Waals surface area (Å²) >= 11 is 0. The SMILES string of the molecule is CCN(C[C@H]1CCOC1)C(=O)CN1C(=O)CCOc2ccccc21. The van der Waals surface area contributed by atoms with Crippen molar-refractivity contribution in [3.63, 3.8) is 0 Å². The predicted octanol–water partition coefficient (Wildman–Crippen LogP) is 1.69. The number of fused-ring (bicyclic) bond motifs is 1. The van der Waals surface area contributed by atoms with Gasteiger partial charge in [-0.15, -0.1) is 0 Å². The zero-order valence-electron chi connectivity index (χ0n) is 14.1. The molecule has 1 saturated heterocycles. The van der Waals surface area contributed by atoms with E-state index in [4.69, 9.17) is 9.47 Å². The van der Waals surface area contributed by atoms with Gasteiger partial charge < -0.3 is 14.4 Å². The van der Waals surface area contributed by atoms with Crippen molar-refractivity contribution in [3.8, 4) is 5.75 Å². The van der Waals surface area contributed by atoms with Gasteiger partial charge in [0.15, 0.2) is 0 Å². The number of ether oxygens (including phenoxy) is 2. The minimum Gasteiger partial charge on any atom is -0.491 e. The molecule has 2 amide bonds. The molecule has 2 heterocycles. The molecule has 1 fully saturated rings. The van der Waals surface area contributed by atoms with Gasteiger partial charge in [0.1, 0.15) is 12.3 Å². The molecule has 0 spiro atoms. The summed E-state index contributed by atoms with van der Waals surface area (Å²) in [5.74, 6) is 0.941. The summed E-state index contributed by atoms with van der Waals surface area (Å²) in [5.41, 5.74) is 0.675. The van der Waals surface area contributed by atoms with Gasteiger partial charge in [0.25, 0.3) is 0 Å². The van der Waals surface area contributed by atoms with Crippen molar-refractivity contribution in [1.29, 1.82) is 0 Å². The Morgan fingerprint density at radius 2 is 2.17 bits per heavy atom. The highest BCUT2D eigenvalue weighted by molar-refractivity contribution is 6.00. The molecule has 3 rings (SSSR count). The van der Waals surface area contributed by atoms with Gasteiger partial charge in [-0.05, 0) is 25.5 Å². The van der Waals surface area contributed by atoms with Crippen molar-refractivity contribution in [2.45, 2.75) is 19.8 Å². The van der Waals surface area contributed by atoms with E-state index in [0.717, 1.165) is 13.0 Å². The van der Waals surface area contributed by atoms with E-state index in [0.29, 0.717) is 43.7 Å². The number of amides is 2. The first-order chi connectivity index (χ1) is 11.7. The molecule has 2 aliphatic rings. The minimum atomic E-state index is -0.0754. The summed E-state index contributed by atoms with van der Waals surface area (Å²) in [6.45, 7) is 5.17.